The molecule has 8 heteroatoms. The highest BCUT2D eigenvalue weighted by Crippen LogP contribution is 2.27. The second-order valence-corrected chi connectivity index (χ2v) is 8.52. The summed E-state index contributed by atoms with van der Waals surface area (Å²) in [6.45, 7) is 4.42. The van der Waals surface area contributed by atoms with Crippen molar-refractivity contribution in [1.29, 1.82) is 0 Å². The molecule has 0 aliphatic rings. The monoisotopic (exact) mass is 368 g/mol. The van der Waals surface area contributed by atoms with Gasteiger partial charge in [-0.3, -0.25) is 4.90 Å². The van der Waals surface area contributed by atoms with Crippen molar-refractivity contribution in [2.24, 2.45) is 5.14 Å². The maximum absolute atomic E-state index is 11.5. The second-order valence-electron chi connectivity index (χ2n) is 5.71. The van der Waals surface area contributed by atoms with E-state index in [9.17, 15) is 13.2 Å². The minimum absolute atomic E-state index is 0.0562. The lowest BCUT2D eigenvalue weighted by atomic mass is 10.1. The average Bonchev–Trinajstić information content (AvgIpc) is 2.87. The number of primary sulfonamides is 1. The molecule has 2 aromatic rings. The average molecular weight is 368 g/mol. The second kappa shape index (κ2) is 7.02. The molecule has 1 unspecified atom stereocenters. The highest BCUT2D eigenvalue weighted by Gasteiger charge is 2.18. The van der Waals surface area contributed by atoms with Crippen molar-refractivity contribution in [3.63, 3.8) is 0 Å². The van der Waals surface area contributed by atoms with Gasteiger partial charge in [-0.25, -0.2) is 18.4 Å². The van der Waals surface area contributed by atoms with Gasteiger partial charge in [0.1, 0.15) is 4.88 Å². The van der Waals surface area contributed by atoms with Crippen molar-refractivity contribution < 1.29 is 18.3 Å². The Morgan fingerprint density at radius 1 is 1.38 bits per heavy atom. The van der Waals surface area contributed by atoms with Crippen LogP contribution in [-0.4, -0.2) is 31.4 Å². The maximum Gasteiger partial charge on any atom is 0.345 e. The number of carbonyl (C=O) groups is 1. The first kappa shape index (κ1) is 18.6. The SMILES string of the molecule is Cc1sc(C(=O)O)cc1CN(C)C(C)c1cccc(S(N)(=O)=O)c1. The predicted octanol–water partition coefficient (Wildman–Crippen LogP) is 2.60. The first-order valence-electron chi connectivity index (χ1n) is 7.25. The molecule has 0 aliphatic heterocycles. The summed E-state index contributed by atoms with van der Waals surface area (Å²) in [5.74, 6) is -0.925. The van der Waals surface area contributed by atoms with Gasteiger partial charge in [-0.15, -0.1) is 11.3 Å². The number of nitrogens with zero attached hydrogens (tertiary/aromatic N) is 1. The lowest BCUT2D eigenvalue weighted by molar-refractivity contribution is 0.0702. The van der Waals surface area contributed by atoms with Crippen LogP contribution in [0.5, 0.6) is 0 Å². The Morgan fingerprint density at radius 3 is 2.58 bits per heavy atom. The molecule has 0 bridgehead atoms. The number of thiophene rings is 1. The minimum atomic E-state index is -3.74. The Kier molecular flexibility index (Phi) is 5.44. The summed E-state index contributed by atoms with van der Waals surface area (Å²) < 4.78 is 23.0. The van der Waals surface area contributed by atoms with E-state index in [1.165, 1.54) is 17.4 Å². The van der Waals surface area contributed by atoms with Gasteiger partial charge in [0.15, 0.2) is 0 Å². The molecule has 0 radical (unpaired) electrons. The summed E-state index contributed by atoms with van der Waals surface area (Å²) in [6.07, 6.45) is 0. The van der Waals surface area contributed by atoms with E-state index in [0.717, 1.165) is 16.0 Å². The Balaban J connectivity index is 2.21. The number of sulfonamides is 1. The number of hydrogen-bond donors (Lipinski definition) is 2. The molecule has 1 atom stereocenters. The van der Waals surface area contributed by atoms with Gasteiger partial charge in [0.05, 0.1) is 4.90 Å². The molecule has 1 aromatic heterocycles. The Morgan fingerprint density at radius 2 is 2.04 bits per heavy atom. The van der Waals surface area contributed by atoms with Crippen LogP contribution in [0, 0.1) is 6.92 Å². The fraction of sp³-hybridized carbons (Fsp3) is 0.312. The van der Waals surface area contributed by atoms with Crippen LogP contribution in [0.2, 0.25) is 0 Å². The summed E-state index contributed by atoms with van der Waals surface area (Å²) in [7, 11) is -1.83. The number of hydrogen-bond acceptors (Lipinski definition) is 5. The van der Waals surface area contributed by atoms with Gasteiger partial charge in [-0.05, 0) is 50.2 Å². The summed E-state index contributed by atoms with van der Waals surface area (Å²) in [4.78, 5) is 14.5. The van der Waals surface area contributed by atoms with Crippen LogP contribution in [0.25, 0.3) is 0 Å². The largest absolute Gasteiger partial charge is 0.477 e. The fourth-order valence-corrected chi connectivity index (χ4v) is 3.84. The summed E-state index contributed by atoms with van der Waals surface area (Å²) in [5, 5.41) is 14.3. The minimum Gasteiger partial charge on any atom is -0.477 e. The van der Waals surface area contributed by atoms with Gasteiger partial charge < -0.3 is 5.11 Å². The molecule has 1 heterocycles. The normalized spacial score (nSPS) is 13.2. The summed E-state index contributed by atoms with van der Waals surface area (Å²) >= 11 is 1.26. The van der Waals surface area contributed by atoms with Crippen LogP contribution in [0.15, 0.2) is 35.2 Å². The number of benzene rings is 1. The highest BCUT2D eigenvalue weighted by molar-refractivity contribution is 7.89. The van der Waals surface area contributed by atoms with Crippen molar-refractivity contribution in [1.82, 2.24) is 4.90 Å². The quantitative estimate of drug-likeness (QED) is 0.816. The van der Waals surface area contributed by atoms with Gasteiger partial charge in [0.2, 0.25) is 10.0 Å². The fourth-order valence-electron chi connectivity index (χ4n) is 2.39. The molecule has 6 nitrogen and oxygen atoms in total. The predicted molar refractivity (Wildman–Crippen MR) is 93.7 cm³/mol. The molecule has 24 heavy (non-hydrogen) atoms. The van der Waals surface area contributed by atoms with Crippen LogP contribution in [0.3, 0.4) is 0 Å². The summed E-state index contributed by atoms with van der Waals surface area (Å²) in [5.41, 5.74) is 1.78. The topological polar surface area (TPSA) is 101 Å². The zero-order valence-corrected chi connectivity index (χ0v) is 15.3. The zero-order chi connectivity index (χ0) is 18.1. The number of aromatic carboxylic acids is 1. The third kappa shape index (κ3) is 4.21. The Labute approximate surface area is 145 Å². The van der Waals surface area contributed by atoms with Gasteiger partial charge in [-0.2, -0.15) is 0 Å². The van der Waals surface area contributed by atoms with E-state index in [0.29, 0.717) is 11.4 Å². The van der Waals surface area contributed by atoms with E-state index >= 15 is 0 Å². The first-order valence-corrected chi connectivity index (χ1v) is 9.61. The smallest absolute Gasteiger partial charge is 0.345 e. The molecule has 0 aliphatic carbocycles. The van der Waals surface area contributed by atoms with Gasteiger partial charge in [-0.1, -0.05) is 12.1 Å². The van der Waals surface area contributed by atoms with Crippen LogP contribution in [-0.2, 0) is 16.6 Å². The Hall–Kier alpha value is -1.74. The molecular weight excluding hydrogens is 348 g/mol. The summed E-state index contributed by atoms with van der Waals surface area (Å²) in [6, 6.07) is 8.18. The standard InChI is InChI=1S/C16H20N2O4S2/c1-10(12-5-4-6-14(7-12)24(17,21)22)18(3)9-13-8-15(16(19)20)23-11(13)2/h4-8,10H,9H2,1-3H3,(H,19,20)(H2,17,21,22). The Bertz CT molecular complexity index is 859. The van der Waals surface area contributed by atoms with E-state index in [1.54, 1.807) is 18.2 Å². The molecule has 1 aromatic carbocycles. The van der Waals surface area contributed by atoms with Crippen LogP contribution < -0.4 is 5.14 Å². The van der Waals surface area contributed by atoms with Crippen molar-refractivity contribution >= 4 is 27.3 Å². The van der Waals surface area contributed by atoms with Crippen LogP contribution in [0.4, 0.5) is 0 Å². The number of aryl methyl sites for hydroxylation is 1. The van der Waals surface area contributed by atoms with Crippen LogP contribution in [0.1, 0.15) is 38.6 Å². The number of rotatable bonds is 6. The molecule has 0 amide bonds. The van der Waals surface area contributed by atoms with E-state index < -0.39 is 16.0 Å². The number of carboxylic acids is 1. The number of nitrogens with two attached hydrogens (primary N) is 1. The van der Waals surface area contributed by atoms with Crippen molar-refractivity contribution in [2.75, 3.05) is 7.05 Å². The van der Waals surface area contributed by atoms with Gasteiger partial charge >= 0.3 is 5.97 Å². The highest BCUT2D eigenvalue weighted by atomic mass is 32.2. The molecule has 0 fully saturated rings. The van der Waals surface area contributed by atoms with Crippen molar-refractivity contribution in [3.05, 3.63) is 51.2 Å². The van der Waals surface area contributed by atoms with E-state index in [1.807, 2.05) is 31.9 Å². The molecule has 2 rings (SSSR count). The molecule has 130 valence electrons. The molecule has 0 saturated heterocycles. The maximum atomic E-state index is 11.5. The van der Waals surface area contributed by atoms with E-state index in [2.05, 4.69) is 0 Å². The van der Waals surface area contributed by atoms with Gasteiger partial charge in [0, 0.05) is 17.5 Å². The van der Waals surface area contributed by atoms with Crippen LogP contribution >= 0.6 is 11.3 Å². The van der Waals surface area contributed by atoms with Gasteiger partial charge in [0.25, 0.3) is 0 Å². The van der Waals surface area contributed by atoms with Crippen molar-refractivity contribution in [3.8, 4) is 0 Å². The van der Waals surface area contributed by atoms with E-state index in [4.69, 9.17) is 10.2 Å². The third-order valence-electron chi connectivity index (χ3n) is 3.98. The first-order chi connectivity index (χ1) is 11.1. The lowest BCUT2D eigenvalue weighted by Crippen LogP contribution is -2.22. The number of carboxylic acid groups (broad SMARTS) is 1. The zero-order valence-electron chi connectivity index (χ0n) is 13.7. The lowest BCUT2D eigenvalue weighted by Gasteiger charge is -2.25. The molecule has 3 N–H and O–H groups in total. The van der Waals surface area contributed by atoms with E-state index in [-0.39, 0.29) is 10.9 Å². The van der Waals surface area contributed by atoms with Crippen molar-refractivity contribution in [2.45, 2.75) is 31.3 Å². The molecule has 0 spiro atoms. The molecular formula is C16H20N2O4S2. The molecule has 0 saturated carbocycles. The third-order valence-corrected chi connectivity index (χ3v) is 5.97.